The van der Waals surface area contributed by atoms with Crippen LogP contribution < -0.4 is 4.90 Å². The van der Waals surface area contributed by atoms with Crippen LogP contribution in [0.5, 0.6) is 0 Å². The van der Waals surface area contributed by atoms with E-state index in [2.05, 4.69) is 10.6 Å². The van der Waals surface area contributed by atoms with Crippen LogP contribution in [-0.4, -0.2) is 35.3 Å². The van der Waals surface area contributed by atoms with Gasteiger partial charge in [-0.1, -0.05) is 30.3 Å². The van der Waals surface area contributed by atoms with Gasteiger partial charge in [0.15, 0.2) is 5.78 Å². The number of fused-ring (bicyclic) bond motifs is 2. The van der Waals surface area contributed by atoms with E-state index in [0.717, 1.165) is 29.2 Å². The lowest BCUT2D eigenvalue weighted by Crippen LogP contribution is -2.30. The number of ketones is 1. The second kappa shape index (κ2) is 8.03. The van der Waals surface area contributed by atoms with Crippen LogP contribution in [0, 0.1) is 0 Å². The summed E-state index contributed by atoms with van der Waals surface area (Å²) in [6.45, 7) is 3.14. The Balaban J connectivity index is 1.63. The van der Waals surface area contributed by atoms with Gasteiger partial charge >= 0.3 is 0 Å². The Hall–Kier alpha value is -3.60. The lowest BCUT2D eigenvalue weighted by molar-refractivity contribution is 0.0982. The summed E-state index contributed by atoms with van der Waals surface area (Å²) in [6, 6.07) is 19.0. The molecule has 2 heterocycles. The van der Waals surface area contributed by atoms with Crippen molar-refractivity contribution in [2.24, 2.45) is 0 Å². The summed E-state index contributed by atoms with van der Waals surface area (Å²) in [6.07, 6.45) is 3.65. The van der Waals surface area contributed by atoms with Crippen LogP contribution >= 0.6 is 0 Å². The molecule has 0 N–H and O–H groups in total. The van der Waals surface area contributed by atoms with Crippen LogP contribution in [0.1, 0.15) is 38.9 Å². The van der Waals surface area contributed by atoms with Crippen LogP contribution in [0.2, 0.25) is 0 Å². The monoisotopic (exact) mass is 399 g/mol. The number of carbonyl (C=O) groups is 2. The Kier molecular flexibility index (Phi) is 5.27. The minimum Gasteiger partial charge on any atom is -0.381 e. The van der Waals surface area contributed by atoms with Gasteiger partial charge < -0.3 is 14.4 Å². The van der Waals surface area contributed by atoms with Crippen molar-refractivity contribution in [3.8, 4) is 0 Å². The summed E-state index contributed by atoms with van der Waals surface area (Å²) in [5.74, 6) is -0.144. The first-order chi connectivity index (χ1) is 14.4. The smallest absolute Gasteiger partial charge is 0.258 e. The number of nitrogens with zero attached hydrogens (tertiary/aromatic N) is 3. The molecule has 4 rings (SSSR count). The van der Waals surface area contributed by atoms with Crippen molar-refractivity contribution in [2.75, 3.05) is 19.0 Å². The summed E-state index contributed by atoms with van der Waals surface area (Å²) in [7, 11) is 3.80. The van der Waals surface area contributed by atoms with Crippen molar-refractivity contribution in [3.05, 3.63) is 101 Å². The van der Waals surface area contributed by atoms with Crippen LogP contribution in [0.15, 0.2) is 78.6 Å². The number of carbonyl (C=O) groups excluding carboxylic acids is 2. The molecule has 1 aliphatic heterocycles. The number of rotatable bonds is 4. The van der Waals surface area contributed by atoms with Gasteiger partial charge in [0.05, 0.1) is 6.54 Å². The number of hydrogen-bond acceptors (Lipinski definition) is 3. The lowest BCUT2D eigenvalue weighted by Gasteiger charge is -2.23. The molecule has 5 heteroatoms. The number of para-hydroxylation sites is 1. The third-order valence-electron chi connectivity index (χ3n) is 5.57. The second-order valence-electron chi connectivity index (χ2n) is 7.77. The highest BCUT2D eigenvalue weighted by atomic mass is 16.2. The summed E-state index contributed by atoms with van der Waals surface area (Å²) in [5.41, 5.74) is 5.14. The minimum absolute atomic E-state index is 0.0712. The average molecular weight is 399 g/mol. The molecule has 1 amide bonds. The highest BCUT2D eigenvalue weighted by Gasteiger charge is 2.24. The van der Waals surface area contributed by atoms with Crippen LogP contribution in [0.3, 0.4) is 0 Å². The van der Waals surface area contributed by atoms with E-state index in [0.29, 0.717) is 17.7 Å². The average Bonchev–Trinajstić information content (AvgIpc) is 3.12. The molecule has 0 spiro atoms. The molecule has 30 heavy (non-hydrogen) atoms. The SMILES string of the molecule is C/C(=C/C(=O)c1ccc(C(=O)N2Cc3cccn3Cc3ccccc32)cc1)N(C)C. The Morgan fingerprint density at radius 1 is 0.900 bits per heavy atom. The third-order valence-corrected chi connectivity index (χ3v) is 5.57. The third kappa shape index (κ3) is 3.79. The fraction of sp³-hybridized carbons (Fsp3) is 0.200. The first kappa shape index (κ1) is 19.7. The summed E-state index contributed by atoms with van der Waals surface area (Å²) in [4.78, 5) is 29.6. The van der Waals surface area contributed by atoms with E-state index < -0.39 is 0 Å². The molecule has 1 aromatic heterocycles. The van der Waals surface area contributed by atoms with E-state index in [1.54, 1.807) is 30.3 Å². The summed E-state index contributed by atoms with van der Waals surface area (Å²) in [5, 5.41) is 0. The molecule has 5 nitrogen and oxygen atoms in total. The molecule has 152 valence electrons. The molecular formula is C25H25N3O2. The summed E-state index contributed by atoms with van der Waals surface area (Å²) < 4.78 is 2.17. The van der Waals surface area contributed by atoms with Crippen molar-refractivity contribution >= 4 is 17.4 Å². The van der Waals surface area contributed by atoms with E-state index in [1.165, 1.54) is 0 Å². The molecule has 0 radical (unpaired) electrons. The predicted molar refractivity (Wildman–Crippen MR) is 119 cm³/mol. The topological polar surface area (TPSA) is 45.6 Å². The molecule has 0 unspecified atom stereocenters. The van der Waals surface area contributed by atoms with E-state index in [4.69, 9.17) is 0 Å². The molecule has 0 bridgehead atoms. The van der Waals surface area contributed by atoms with Crippen LogP contribution in [-0.2, 0) is 13.1 Å². The Labute approximate surface area is 176 Å². The maximum atomic E-state index is 13.4. The molecular weight excluding hydrogens is 374 g/mol. The van der Waals surface area contributed by atoms with Gasteiger partial charge in [0, 0.05) is 61.1 Å². The number of benzene rings is 2. The minimum atomic E-state index is -0.0730. The van der Waals surface area contributed by atoms with E-state index in [-0.39, 0.29) is 11.7 Å². The fourth-order valence-corrected chi connectivity index (χ4v) is 3.60. The zero-order chi connectivity index (χ0) is 21.3. The Bertz CT molecular complexity index is 1120. The zero-order valence-corrected chi connectivity index (χ0v) is 17.5. The molecule has 0 saturated carbocycles. The molecule has 0 atom stereocenters. The van der Waals surface area contributed by atoms with E-state index in [1.807, 2.05) is 67.3 Å². The van der Waals surface area contributed by atoms with Gasteiger partial charge in [-0.3, -0.25) is 9.59 Å². The molecule has 0 aliphatic carbocycles. The van der Waals surface area contributed by atoms with Crippen LogP contribution in [0.25, 0.3) is 0 Å². The number of allylic oxidation sites excluding steroid dienone is 2. The Morgan fingerprint density at radius 3 is 2.33 bits per heavy atom. The lowest BCUT2D eigenvalue weighted by atomic mass is 10.1. The second-order valence-corrected chi connectivity index (χ2v) is 7.77. The first-order valence-corrected chi connectivity index (χ1v) is 9.98. The van der Waals surface area contributed by atoms with E-state index in [9.17, 15) is 9.59 Å². The molecule has 0 fully saturated rings. The van der Waals surface area contributed by atoms with Crippen molar-refractivity contribution in [2.45, 2.75) is 20.0 Å². The quantitative estimate of drug-likeness (QED) is 0.484. The standard InChI is InChI=1S/C25H25N3O2/c1-18(26(2)3)15-24(29)19-10-12-20(13-11-19)25(30)28-17-22-8-6-14-27(22)16-21-7-4-5-9-23(21)28/h4-15H,16-17H2,1-3H3/b18-15-. The number of hydrogen-bond donors (Lipinski definition) is 0. The van der Waals surface area contributed by atoms with Gasteiger partial charge in [-0.05, 0) is 42.8 Å². The fourth-order valence-electron chi connectivity index (χ4n) is 3.60. The van der Waals surface area contributed by atoms with Gasteiger partial charge in [-0.2, -0.15) is 0 Å². The van der Waals surface area contributed by atoms with Crippen molar-refractivity contribution < 1.29 is 9.59 Å². The number of amides is 1. The molecule has 2 aromatic carbocycles. The van der Waals surface area contributed by atoms with Gasteiger partial charge in [0.25, 0.3) is 5.91 Å². The van der Waals surface area contributed by atoms with Gasteiger partial charge in [-0.15, -0.1) is 0 Å². The largest absolute Gasteiger partial charge is 0.381 e. The molecule has 1 aliphatic rings. The zero-order valence-electron chi connectivity index (χ0n) is 17.5. The van der Waals surface area contributed by atoms with Gasteiger partial charge in [-0.25, -0.2) is 0 Å². The van der Waals surface area contributed by atoms with Crippen LogP contribution in [0.4, 0.5) is 5.69 Å². The molecule has 0 saturated heterocycles. The van der Waals surface area contributed by atoms with Crippen molar-refractivity contribution in [1.29, 1.82) is 0 Å². The highest BCUT2D eigenvalue weighted by Crippen LogP contribution is 2.29. The molecule has 3 aromatic rings. The predicted octanol–water partition coefficient (Wildman–Crippen LogP) is 4.34. The summed E-state index contributed by atoms with van der Waals surface area (Å²) >= 11 is 0. The number of anilines is 1. The highest BCUT2D eigenvalue weighted by molar-refractivity contribution is 6.08. The normalized spacial score (nSPS) is 13.3. The number of aromatic nitrogens is 1. The maximum absolute atomic E-state index is 13.4. The van der Waals surface area contributed by atoms with E-state index >= 15 is 0 Å². The van der Waals surface area contributed by atoms with Crippen molar-refractivity contribution in [1.82, 2.24) is 9.47 Å². The maximum Gasteiger partial charge on any atom is 0.258 e. The van der Waals surface area contributed by atoms with Gasteiger partial charge in [0.1, 0.15) is 0 Å². The van der Waals surface area contributed by atoms with Gasteiger partial charge in [0.2, 0.25) is 0 Å². The Morgan fingerprint density at radius 2 is 1.60 bits per heavy atom. The first-order valence-electron chi connectivity index (χ1n) is 9.98. The van der Waals surface area contributed by atoms with Crippen molar-refractivity contribution in [3.63, 3.8) is 0 Å².